The maximum Gasteiger partial charge on any atom is 0.243 e. The van der Waals surface area contributed by atoms with E-state index in [1.807, 2.05) is 0 Å². The molecule has 0 aromatic carbocycles. The van der Waals surface area contributed by atoms with Crippen LogP contribution in [0, 0.1) is 11.8 Å². The van der Waals surface area contributed by atoms with Gasteiger partial charge in [0.1, 0.15) is 0 Å². The van der Waals surface area contributed by atoms with Gasteiger partial charge in [0.15, 0.2) is 0 Å². The van der Waals surface area contributed by atoms with Gasteiger partial charge in [-0.05, 0) is 37.6 Å². The Balaban J connectivity index is 1.68. The van der Waals surface area contributed by atoms with Crippen LogP contribution in [-0.4, -0.2) is 21.4 Å². The van der Waals surface area contributed by atoms with E-state index < -0.39 is 0 Å². The van der Waals surface area contributed by atoms with Crippen LogP contribution in [0.1, 0.15) is 57.8 Å². The van der Waals surface area contributed by atoms with E-state index in [-0.39, 0.29) is 23.7 Å². The van der Waals surface area contributed by atoms with Crippen LogP contribution in [0.3, 0.4) is 0 Å². The summed E-state index contributed by atoms with van der Waals surface area (Å²) < 4.78 is 1.54. The summed E-state index contributed by atoms with van der Waals surface area (Å²) in [6, 6.07) is 0. The van der Waals surface area contributed by atoms with Gasteiger partial charge in [-0.25, -0.2) is 4.31 Å². The molecule has 18 heavy (non-hydrogen) atoms. The van der Waals surface area contributed by atoms with Crippen LogP contribution in [0.25, 0.3) is 0 Å². The molecule has 0 N–H and O–H groups in total. The summed E-state index contributed by atoms with van der Waals surface area (Å²) in [7, 11) is 0. The van der Waals surface area contributed by atoms with E-state index in [1.54, 1.807) is 11.9 Å². The number of fused-ring (bicyclic) bond motifs is 1. The molecule has 1 saturated heterocycles. The number of hydrogen-bond acceptors (Lipinski definition) is 3. The Kier molecular flexibility index (Phi) is 3.64. The summed E-state index contributed by atoms with van der Waals surface area (Å²) in [4.78, 5) is 24.6. The van der Waals surface area contributed by atoms with Crippen molar-refractivity contribution >= 4 is 23.8 Å². The molecule has 0 spiro atoms. The Morgan fingerprint density at radius 2 is 1.28 bits per heavy atom. The second kappa shape index (κ2) is 5.24. The molecule has 2 atom stereocenters. The van der Waals surface area contributed by atoms with Crippen molar-refractivity contribution in [2.24, 2.45) is 11.8 Å². The lowest BCUT2D eigenvalue weighted by Crippen LogP contribution is -2.27. The highest BCUT2D eigenvalue weighted by molar-refractivity contribution is 7.98. The van der Waals surface area contributed by atoms with Gasteiger partial charge in [-0.3, -0.25) is 9.59 Å². The van der Waals surface area contributed by atoms with Gasteiger partial charge in [0.2, 0.25) is 11.8 Å². The van der Waals surface area contributed by atoms with Crippen molar-refractivity contribution in [3.05, 3.63) is 0 Å². The predicted octanol–water partition coefficient (Wildman–Crippen LogP) is 3.14. The smallest absolute Gasteiger partial charge is 0.243 e. The molecule has 4 heteroatoms. The lowest BCUT2D eigenvalue weighted by atomic mass is 9.81. The molecule has 3 aliphatic rings. The largest absolute Gasteiger partial charge is 0.273 e. The summed E-state index contributed by atoms with van der Waals surface area (Å²) in [6.07, 6.45) is 10.2. The van der Waals surface area contributed by atoms with Crippen molar-refractivity contribution in [3.8, 4) is 0 Å². The first-order chi connectivity index (χ1) is 8.77. The first-order valence-electron chi connectivity index (χ1n) is 7.32. The quantitative estimate of drug-likeness (QED) is 0.570. The molecule has 0 bridgehead atoms. The molecule has 2 aliphatic carbocycles. The van der Waals surface area contributed by atoms with Gasteiger partial charge in [0.05, 0.1) is 11.8 Å². The van der Waals surface area contributed by atoms with E-state index in [0.29, 0.717) is 5.25 Å². The highest BCUT2D eigenvalue weighted by atomic mass is 32.2. The number of carbonyl (C=O) groups is 2. The van der Waals surface area contributed by atoms with E-state index >= 15 is 0 Å². The van der Waals surface area contributed by atoms with Gasteiger partial charge in [0, 0.05) is 5.25 Å². The van der Waals surface area contributed by atoms with E-state index in [0.717, 1.165) is 38.5 Å². The van der Waals surface area contributed by atoms with Gasteiger partial charge in [-0.15, -0.1) is 0 Å². The first-order valence-corrected chi connectivity index (χ1v) is 8.15. The average molecular weight is 267 g/mol. The van der Waals surface area contributed by atoms with Crippen molar-refractivity contribution in [2.45, 2.75) is 63.0 Å². The van der Waals surface area contributed by atoms with Gasteiger partial charge < -0.3 is 0 Å². The summed E-state index contributed by atoms with van der Waals surface area (Å²) in [5.74, 6) is 0.255. The third-order valence-electron chi connectivity index (χ3n) is 4.61. The fraction of sp³-hybridized carbons (Fsp3) is 0.857. The maximum absolute atomic E-state index is 12.3. The van der Waals surface area contributed by atoms with Crippen molar-refractivity contribution in [1.29, 1.82) is 0 Å². The molecule has 0 aromatic heterocycles. The van der Waals surface area contributed by atoms with Crippen LogP contribution < -0.4 is 0 Å². The highest BCUT2D eigenvalue weighted by Gasteiger charge is 2.49. The predicted molar refractivity (Wildman–Crippen MR) is 71.8 cm³/mol. The molecule has 0 aromatic rings. The lowest BCUT2D eigenvalue weighted by molar-refractivity contribution is -0.133. The van der Waals surface area contributed by atoms with E-state index in [9.17, 15) is 9.59 Å². The summed E-state index contributed by atoms with van der Waals surface area (Å²) in [6.45, 7) is 0. The lowest BCUT2D eigenvalue weighted by Gasteiger charge is -2.24. The molecular weight excluding hydrogens is 246 g/mol. The standard InChI is InChI=1S/C14H21NO2S/c16-13-11-8-4-5-9-12(11)14(17)15(13)18-10-6-2-1-3-7-10/h10-12H,1-9H2/t11-,12+. The average Bonchev–Trinajstić information content (AvgIpc) is 2.66. The second-order valence-electron chi connectivity index (χ2n) is 5.83. The normalized spacial score (nSPS) is 33.9. The Morgan fingerprint density at radius 3 is 1.83 bits per heavy atom. The summed E-state index contributed by atoms with van der Waals surface area (Å²) in [5, 5.41) is 0.492. The summed E-state index contributed by atoms with van der Waals surface area (Å²) in [5.41, 5.74) is 0. The Hall–Kier alpha value is -0.510. The van der Waals surface area contributed by atoms with Gasteiger partial charge in [0.25, 0.3) is 0 Å². The van der Waals surface area contributed by atoms with Crippen LogP contribution in [0.4, 0.5) is 0 Å². The topological polar surface area (TPSA) is 37.4 Å². The van der Waals surface area contributed by atoms with Crippen LogP contribution in [-0.2, 0) is 9.59 Å². The number of rotatable bonds is 2. The zero-order valence-corrected chi connectivity index (χ0v) is 11.6. The number of nitrogens with zero attached hydrogens (tertiary/aromatic N) is 1. The Bertz CT molecular complexity index is 328. The minimum Gasteiger partial charge on any atom is -0.273 e. The first kappa shape index (κ1) is 12.5. The number of amides is 2. The minimum absolute atomic E-state index is 0.0161. The van der Waals surface area contributed by atoms with E-state index in [4.69, 9.17) is 0 Å². The van der Waals surface area contributed by atoms with Crippen molar-refractivity contribution < 1.29 is 9.59 Å². The Morgan fingerprint density at radius 1 is 0.778 bits per heavy atom. The molecule has 100 valence electrons. The molecule has 3 nitrogen and oxygen atoms in total. The molecule has 1 heterocycles. The molecule has 2 saturated carbocycles. The maximum atomic E-state index is 12.3. The van der Waals surface area contributed by atoms with Crippen LogP contribution >= 0.6 is 11.9 Å². The molecule has 0 radical (unpaired) electrons. The molecule has 1 aliphatic heterocycles. The zero-order valence-electron chi connectivity index (χ0n) is 10.8. The van der Waals surface area contributed by atoms with Gasteiger partial charge in [-0.1, -0.05) is 32.1 Å². The fourth-order valence-electron chi connectivity index (χ4n) is 3.56. The minimum atomic E-state index is 0.0161. The SMILES string of the molecule is O=C1[C@H]2CCCC[C@H]2C(=O)N1SC1CCCCC1. The fourth-order valence-corrected chi connectivity index (χ4v) is 4.88. The van der Waals surface area contributed by atoms with Gasteiger partial charge in [-0.2, -0.15) is 0 Å². The number of hydrogen-bond donors (Lipinski definition) is 0. The van der Waals surface area contributed by atoms with Crippen molar-refractivity contribution in [3.63, 3.8) is 0 Å². The third kappa shape index (κ3) is 2.20. The highest BCUT2D eigenvalue weighted by Crippen LogP contribution is 2.43. The number of imide groups is 1. The van der Waals surface area contributed by atoms with Crippen molar-refractivity contribution in [2.75, 3.05) is 0 Å². The third-order valence-corrected chi connectivity index (χ3v) is 5.95. The monoisotopic (exact) mass is 267 g/mol. The molecule has 2 amide bonds. The van der Waals surface area contributed by atoms with Crippen molar-refractivity contribution in [1.82, 2.24) is 4.31 Å². The number of carbonyl (C=O) groups excluding carboxylic acids is 2. The van der Waals surface area contributed by atoms with E-state index in [2.05, 4.69) is 0 Å². The van der Waals surface area contributed by atoms with Gasteiger partial charge >= 0.3 is 0 Å². The summed E-state index contributed by atoms with van der Waals surface area (Å²) >= 11 is 1.54. The molecule has 3 fully saturated rings. The molecule has 3 rings (SSSR count). The molecule has 0 unspecified atom stereocenters. The van der Waals surface area contributed by atoms with Crippen LogP contribution in [0.2, 0.25) is 0 Å². The Labute approximate surface area is 113 Å². The van der Waals surface area contributed by atoms with Crippen LogP contribution in [0.15, 0.2) is 0 Å². The van der Waals surface area contributed by atoms with Crippen LogP contribution in [0.5, 0.6) is 0 Å². The molecular formula is C14H21NO2S. The zero-order chi connectivity index (χ0) is 12.5. The second-order valence-corrected chi connectivity index (χ2v) is 7.08. The van der Waals surface area contributed by atoms with E-state index in [1.165, 1.54) is 23.6 Å².